The lowest BCUT2D eigenvalue weighted by molar-refractivity contribution is -0.144. The minimum absolute atomic E-state index is 0.199. The Bertz CT molecular complexity index is 528. The number of carbonyl (C=O) groups is 2. The lowest BCUT2D eigenvalue weighted by Gasteiger charge is -2.28. The number of nitrogens with zero attached hydrogens (tertiary/aromatic N) is 1. The normalized spacial score (nSPS) is 16.1. The number of hydrogen-bond acceptors (Lipinski definition) is 3. The van der Waals surface area contributed by atoms with E-state index in [-0.39, 0.29) is 5.02 Å². The Morgan fingerprint density at radius 3 is 2.55 bits per heavy atom. The van der Waals surface area contributed by atoms with Gasteiger partial charge in [-0.05, 0) is 25.0 Å². The molecule has 0 aliphatic carbocycles. The number of likely N-dealkylation sites (tertiary alicyclic amines) is 1. The largest absolute Gasteiger partial charge is 0.393 e. The van der Waals surface area contributed by atoms with Gasteiger partial charge in [-0.3, -0.25) is 9.59 Å². The van der Waals surface area contributed by atoms with E-state index in [4.69, 9.17) is 23.2 Å². The van der Waals surface area contributed by atoms with Gasteiger partial charge < -0.3 is 15.3 Å². The van der Waals surface area contributed by atoms with E-state index < -0.39 is 17.9 Å². The van der Waals surface area contributed by atoms with E-state index in [1.807, 2.05) is 0 Å². The zero-order chi connectivity index (χ0) is 14.7. The smallest absolute Gasteiger partial charge is 0.313 e. The number of halogens is 2. The molecule has 7 heteroatoms. The molecule has 20 heavy (non-hydrogen) atoms. The molecule has 1 saturated heterocycles. The number of aliphatic hydroxyl groups is 1. The molecule has 1 aliphatic rings. The highest BCUT2D eigenvalue weighted by molar-refractivity contribution is 6.45. The molecule has 0 aromatic heterocycles. The molecule has 1 aliphatic heterocycles. The predicted octanol–water partition coefficient (Wildman–Crippen LogP) is 1.92. The summed E-state index contributed by atoms with van der Waals surface area (Å²) in [6.45, 7) is 0.743. The van der Waals surface area contributed by atoms with Crippen LogP contribution in [-0.4, -0.2) is 41.0 Å². The molecular weight excluding hydrogens is 303 g/mol. The Morgan fingerprint density at radius 1 is 1.25 bits per heavy atom. The fourth-order valence-corrected chi connectivity index (χ4v) is 2.34. The Balaban J connectivity index is 2.01. The van der Waals surface area contributed by atoms with Gasteiger partial charge in [0.2, 0.25) is 0 Å². The fraction of sp³-hybridized carbons (Fsp3) is 0.385. The summed E-state index contributed by atoms with van der Waals surface area (Å²) in [5.74, 6) is -1.39. The summed E-state index contributed by atoms with van der Waals surface area (Å²) in [7, 11) is 0. The third kappa shape index (κ3) is 3.42. The number of anilines is 1. The average molecular weight is 317 g/mol. The number of benzene rings is 1. The van der Waals surface area contributed by atoms with Crippen LogP contribution in [0.1, 0.15) is 12.8 Å². The number of aliphatic hydroxyl groups excluding tert-OH is 1. The summed E-state index contributed by atoms with van der Waals surface area (Å²) in [6.07, 6.45) is 0.568. The molecular formula is C13H14Cl2N2O3. The molecule has 0 saturated carbocycles. The Hall–Kier alpha value is -1.30. The van der Waals surface area contributed by atoms with Gasteiger partial charge in [-0.1, -0.05) is 29.3 Å². The van der Waals surface area contributed by atoms with E-state index in [0.29, 0.717) is 36.6 Å². The van der Waals surface area contributed by atoms with E-state index in [9.17, 15) is 14.7 Å². The van der Waals surface area contributed by atoms with Crippen molar-refractivity contribution in [3.8, 4) is 0 Å². The molecule has 0 unspecified atom stereocenters. The minimum atomic E-state index is -0.759. The number of nitrogens with one attached hydrogen (secondary N) is 1. The van der Waals surface area contributed by atoms with Gasteiger partial charge in [-0.15, -0.1) is 0 Å². The van der Waals surface area contributed by atoms with Crippen molar-refractivity contribution < 1.29 is 14.7 Å². The van der Waals surface area contributed by atoms with Crippen LogP contribution in [0.25, 0.3) is 0 Å². The maximum absolute atomic E-state index is 12.0. The lowest BCUT2D eigenvalue weighted by Crippen LogP contribution is -2.45. The molecule has 0 spiro atoms. The number of carbonyl (C=O) groups excluding carboxylic acids is 2. The van der Waals surface area contributed by atoms with Gasteiger partial charge in [-0.2, -0.15) is 0 Å². The van der Waals surface area contributed by atoms with Crippen LogP contribution in [0.15, 0.2) is 18.2 Å². The molecule has 1 aromatic rings. The Morgan fingerprint density at radius 2 is 1.90 bits per heavy atom. The number of piperidine rings is 1. The van der Waals surface area contributed by atoms with Gasteiger partial charge in [-0.25, -0.2) is 0 Å². The summed E-state index contributed by atoms with van der Waals surface area (Å²) in [4.78, 5) is 25.3. The molecule has 1 heterocycles. The standard InChI is InChI=1S/C13H14Cl2N2O3/c14-9-2-1-3-10(11(9)15)16-12(19)13(20)17-6-4-8(18)5-7-17/h1-3,8,18H,4-7H2,(H,16,19). The lowest BCUT2D eigenvalue weighted by atomic mass is 10.1. The molecule has 1 aromatic carbocycles. The average Bonchev–Trinajstić information content (AvgIpc) is 2.44. The van der Waals surface area contributed by atoms with Crippen LogP contribution in [0, 0.1) is 0 Å². The molecule has 0 radical (unpaired) electrons. The third-order valence-electron chi connectivity index (χ3n) is 3.15. The molecule has 5 nitrogen and oxygen atoms in total. The summed E-state index contributed by atoms with van der Waals surface area (Å²) in [6, 6.07) is 4.79. The molecule has 0 bridgehead atoms. The van der Waals surface area contributed by atoms with E-state index in [1.54, 1.807) is 18.2 Å². The van der Waals surface area contributed by atoms with Crippen LogP contribution in [0.4, 0.5) is 5.69 Å². The first-order chi connectivity index (χ1) is 9.49. The highest BCUT2D eigenvalue weighted by atomic mass is 35.5. The van der Waals surface area contributed by atoms with E-state index in [0.717, 1.165) is 0 Å². The summed E-state index contributed by atoms with van der Waals surface area (Å²) < 4.78 is 0. The molecule has 2 rings (SSSR count). The SMILES string of the molecule is O=C(Nc1cccc(Cl)c1Cl)C(=O)N1CCC(O)CC1. The van der Waals surface area contributed by atoms with Crippen LogP contribution in [0.2, 0.25) is 10.0 Å². The van der Waals surface area contributed by atoms with Crippen molar-refractivity contribution >= 4 is 40.7 Å². The summed E-state index contributed by atoms with van der Waals surface area (Å²) >= 11 is 11.8. The van der Waals surface area contributed by atoms with E-state index in [1.165, 1.54) is 4.90 Å². The van der Waals surface area contributed by atoms with E-state index in [2.05, 4.69) is 5.32 Å². The van der Waals surface area contributed by atoms with Gasteiger partial charge >= 0.3 is 11.8 Å². The maximum atomic E-state index is 12.0. The zero-order valence-corrected chi connectivity index (χ0v) is 12.1. The van der Waals surface area contributed by atoms with Crippen molar-refractivity contribution in [3.63, 3.8) is 0 Å². The molecule has 2 amide bonds. The van der Waals surface area contributed by atoms with Crippen molar-refractivity contribution in [1.29, 1.82) is 0 Å². The fourth-order valence-electron chi connectivity index (χ4n) is 1.99. The van der Waals surface area contributed by atoms with Crippen LogP contribution in [0.3, 0.4) is 0 Å². The topological polar surface area (TPSA) is 69.6 Å². The van der Waals surface area contributed by atoms with Crippen molar-refractivity contribution in [3.05, 3.63) is 28.2 Å². The van der Waals surface area contributed by atoms with Gasteiger partial charge in [0, 0.05) is 13.1 Å². The molecule has 108 valence electrons. The second-order valence-corrected chi connectivity index (χ2v) is 5.36. The van der Waals surface area contributed by atoms with Crippen molar-refractivity contribution in [2.24, 2.45) is 0 Å². The van der Waals surface area contributed by atoms with Crippen LogP contribution >= 0.6 is 23.2 Å². The highest BCUT2D eigenvalue weighted by Crippen LogP contribution is 2.29. The van der Waals surface area contributed by atoms with Crippen molar-refractivity contribution in [1.82, 2.24) is 4.90 Å². The van der Waals surface area contributed by atoms with Crippen LogP contribution in [0.5, 0.6) is 0 Å². The third-order valence-corrected chi connectivity index (χ3v) is 3.96. The Labute approximate surface area is 126 Å². The first-order valence-corrected chi connectivity index (χ1v) is 6.97. The number of amides is 2. The van der Waals surface area contributed by atoms with Crippen LogP contribution < -0.4 is 5.32 Å². The number of rotatable bonds is 1. The quantitative estimate of drug-likeness (QED) is 0.778. The highest BCUT2D eigenvalue weighted by Gasteiger charge is 2.26. The van der Waals surface area contributed by atoms with Gasteiger partial charge in [0.25, 0.3) is 0 Å². The second kappa shape index (κ2) is 6.43. The van der Waals surface area contributed by atoms with Crippen molar-refractivity contribution in [2.75, 3.05) is 18.4 Å². The maximum Gasteiger partial charge on any atom is 0.313 e. The monoisotopic (exact) mass is 316 g/mol. The minimum Gasteiger partial charge on any atom is -0.393 e. The summed E-state index contributed by atoms with van der Waals surface area (Å²) in [5.41, 5.74) is 0.301. The van der Waals surface area contributed by atoms with Gasteiger partial charge in [0.1, 0.15) is 0 Å². The molecule has 2 N–H and O–H groups in total. The predicted molar refractivity (Wildman–Crippen MR) is 76.9 cm³/mol. The van der Waals surface area contributed by atoms with Gasteiger partial charge in [0.15, 0.2) is 0 Å². The molecule has 0 atom stereocenters. The van der Waals surface area contributed by atoms with Crippen molar-refractivity contribution in [2.45, 2.75) is 18.9 Å². The Kier molecular flexibility index (Phi) is 4.86. The zero-order valence-electron chi connectivity index (χ0n) is 10.6. The van der Waals surface area contributed by atoms with E-state index >= 15 is 0 Å². The van der Waals surface area contributed by atoms with Crippen LogP contribution in [-0.2, 0) is 9.59 Å². The van der Waals surface area contributed by atoms with Gasteiger partial charge in [0.05, 0.1) is 21.8 Å². The first kappa shape index (κ1) is 15.1. The summed E-state index contributed by atoms with van der Waals surface area (Å²) in [5, 5.41) is 12.3. The first-order valence-electron chi connectivity index (χ1n) is 6.21. The number of hydrogen-bond donors (Lipinski definition) is 2. The second-order valence-electron chi connectivity index (χ2n) is 4.58. The molecule has 1 fully saturated rings.